The minimum absolute atomic E-state index is 0.0890. The summed E-state index contributed by atoms with van der Waals surface area (Å²) < 4.78 is 28.9. The standard InChI is InChI=1S/C30H41N3O3S/c1-22-29-20-23-8-11-26(34)21-28(23)30(22,14-18-31(29)2)15-19-32-16-12-25(13-17-32)33(24-9-10-24)37(35,36)27-6-4-3-5-7-27/h3-8,11,21-22,24-25,29,34H,9-10,12-20H2,1-2H3/t22-,29?,30-/m0/s1. The van der Waals surface area contributed by atoms with E-state index in [0.29, 0.717) is 22.6 Å². The van der Waals surface area contributed by atoms with E-state index in [1.807, 2.05) is 34.6 Å². The summed E-state index contributed by atoms with van der Waals surface area (Å²) in [7, 11) is -1.20. The van der Waals surface area contributed by atoms with Crippen molar-refractivity contribution >= 4 is 10.0 Å². The lowest BCUT2D eigenvalue weighted by molar-refractivity contribution is 0.0272. The van der Waals surface area contributed by atoms with E-state index in [9.17, 15) is 13.5 Å². The summed E-state index contributed by atoms with van der Waals surface area (Å²) in [4.78, 5) is 5.51. The van der Waals surface area contributed by atoms with E-state index < -0.39 is 10.0 Å². The molecule has 0 aromatic heterocycles. The Labute approximate surface area is 222 Å². The van der Waals surface area contributed by atoms with E-state index in [1.165, 1.54) is 11.1 Å². The van der Waals surface area contributed by atoms with Crippen molar-refractivity contribution in [2.24, 2.45) is 5.92 Å². The smallest absolute Gasteiger partial charge is 0.243 e. The molecule has 7 heteroatoms. The van der Waals surface area contributed by atoms with Gasteiger partial charge in [-0.3, -0.25) is 0 Å². The van der Waals surface area contributed by atoms with Crippen molar-refractivity contribution in [3.63, 3.8) is 0 Å². The number of nitrogens with zero attached hydrogens (tertiary/aromatic N) is 3. The van der Waals surface area contributed by atoms with Crippen LogP contribution in [0.25, 0.3) is 0 Å². The third kappa shape index (κ3) is 4.52. The maximum Gasteiger partial charge on any atom is 0.243 e. The predicted octanol–water partition coefficient (Wildman–Crippen LogP) is 4.23. The summed E-state index contributed by atoms with van der Waals surface area (Å²) in [5.41, 5.74) is 2.86. The molecule has 2 aliphatic carbocycles. The van der Waals surface area contributed by atoms with E-state index in [0.717, 1.165) is 71.1 Å². The summed E-state index contributed by atoms with van der Waals surface area (Å²) in [5, 5.41) is 10.4. The molecule has 2 saturated heterocycles. The van der Waals surface area contributed by atoms with E-state index in [2.05, 4.69) is 29.8 Å². The molecule has 1 saturated carbocycles. The van der Waals surface area contributed by atoms with Crippen LogP contribution in [-0.2, 0) is 21.9 Å². The summed E-state index contributed by atoms with van der Waals surface area (Å²) in [5.74, 6) is 0.919. The molecule has 2 heterocycles. The number of likely N-dealkylation sites (N-methyl/N-ethyl adjacent to an activating group) is 1. The molecule has 2 aliphatic heterocycles. The molecule has 6 nitrogen and oxygen atoms in total. The number of fused-ring (bicyclic) bond motifs is 4. The number of rotatable bonds is 7. The van der Waals surface area contributed by atoms with Gasteiger partial charge in [-0.2, -0.15) is 4.31 Å². The Bertz CT molecular complexity index is 1220. The Kier molecular flexibility index (Phi) is 6.63. The van der Waals surface area contributed by atoms with Crippen LogP contribution < -0.4 is 0 Å². The molecule has 2 aromatic carbocycles. The maximum atomic E-state index is 13.5. The molecule has 3 atom stereocenters. The largest absolute Gasteiger partial charge is 0.508 e. The van der Waals surface area contributed by atoms with E-state index in [-0.39, 0.29) is 17.5 Å². The first-order valence-corrected chi connectivity index (χ1v) is 15.6. The van der Waals surface area contributed by atoms with Gasteiger partial charge in [-0.05, 0) is 119 Å². The van der Waals surface area contributed by atoms with Gasteiger partial charge in [0.2, 0.25) is 10.0 Å². The zero-order chi connectivity index (χ0) is 25.8. The second-order valence-corrected chi connectivity index (χ2v) is 13.8. The van der Waals surface area contributed by atoms with Crippen molar-refractivity contribution in [1.82, 2.24) is 14.1 Å². The second-order valence-electron chi connectivity index (χ2n) is 12.0. The molecule has 2 bridgehead atoms. The number of likely N-dealkylation sites (tertiary alicyclic amines) is 2. The van der Waals surface area contributed by atoms with E-state index in [4.69, 9.17) is 0 Å². The molecule has 1 N–H and O–H groups in total. The van der Waals surface area contributed by atoms with Crippen molar-refractivity contribution in [1.29, 1.82) is 0 Å². The van der Waals surface area contributed by atoms with Crippen LogP contribution in [0.3, 0.4) is 0 Å². The average molecular weight is 524 g/mol. The van der Waals surface area contributed by atoms with Gasteiger partial charge in [0.25, 0.3) is 0 Å². The van der Waals surface area contributed by atoms with Crippen LogP contribution in [0.4, 0.5) is 0 Å². The fraction of sp³-hybridized carbons (Fsp3) is 0.600. The number of phenols is 1. The van der Waals surface area contributed by atoms with Gasteiger partial charge >= 0.3 is 0 Å². The normalized spacial score (nSPS) is 29.4. The predicted molar refractivity (Wildman–Crippen MR) is 146 cm³/mol. The Balaban J connectivity index is 1.16. The lowest BCUT2D eigenvalue weighted by Crippen LogP contribution is -2.58. The van der Waals surface area contributed by atoms with Crippen LogP contribution in [-0.4, -0.2) is 79.0 Å². The van der Waals surface area contributed by atoms with Crippen LogP contribution in [0.5, 0.6) is 5.75 Å². The van der Waals surface area contributed by atoms with Crippen molar-refractivity contribution in [2.45, 2.75) is 80.3 Å². The van der Waals surface area contributed by atoms with E-state index in [1.54, 1.807) is 12.1 Å². The molecular weight excluding hydrogens is 482 g/mol. The summed E-state index contributed by atoms with van der Waals surface area (Å²) in [6.45, 7) is 6.43. The first-order chi connectivity index (χ1) is 17.8. The van der Waals surface area contributed by atoms with Crippen molar-refractivity contribution in [3.8, 4) is 5.75 Å². The summed E-state index contributed by atoms with van der Waals surface area (Å²) >= 11 is 0. The highest BCUT2D eigenvalue weighted by Gasteiger charge is 2.50. The molecule has 1 unspecified atom stereocenters. The zero-order valence-corrected chi connectivity index (χ0v) is 23.0. The maximum absolute atomic E-state index is 13.5. The monoisotopic (exact) mass is 523 g/mol. The highest BCUT2D eigenvalue weighted by atomic mass is 32.2. The quantitative estimate of drug-likeness (QED) is 0.588. The minimum atomic E-state index is -3.46. The lowest BCUT2D eigenvalue weighted by Gasteiger charge is -2.56. The first kappa shape index (κ1) is 25.4. The fourth-order valence-corrected chi connectivity index (χ4v) is 9.59. The molecule has 3 fully saturated rings. The van der Waals surface area contributed by atoms with Gasteiger partial charge in [-0.15, -0.1) is 0 Å². The molecule has 4 aliphatic rings. The third-order valence-corrected chi connectivity index (χ3v) is 12.0. The Morgan fingerprint density at radius 1 is 1.00 bits per heavy atom. The topological polar surface area (TPSA) is 64.1 Å². The SMILES string of the molecule is C[C@H]1C2Cc3ccc(O)cc3[C@]1(CCN1CCC(N(C3CC3)S(=O)(=O)c3ccccc3)CC1)CCN2C. The van der Waals surface area contributed by atoms with Gasteiger partial charge in [-0.25, -0.2) is 8.42 Å². The molecular formula is C30H41N3O3S. The molecule has 200 valence electrons. The molecule has 0 amide bonds. The second kappa shape index (κ2) is 9.67. The molecule has 0 radical (unpaired) electrons. The van der Waals surface area contributed by atoms with Crippen LogP contribution >= 0.6 is 0 Å². The zero-order valence-electron chi connectivity index (χ0n) is 22.2. The van der Waals surface area contributed by atoms with Gasteiger partial charge in [0.05, 0.1) is 4.90 Å². The lowest BCUT2D eigenvalue weighted by atomic mass is 9.56. The van der Waals surface area contributed by atoms with Gasteiger partial charge in [0, 0.05) is 23.5 Å². The van der Waals surface area contributed by atoms with Crippen molar-refractivity contribution in [3.05, 3.63) is 59.7 Å². The highest BCUT2D eigenvalue weighted by Crippen LogP contribution is 2.51. The number of hydrogen-bond donors (Lipinski definition) is 1. The van der Waals surface area contributed by atoms with Crippen LogP contribution in [0.2, 0.25) is 0 Å². The molecule has 2 aromatic rings. The van der Waals surface area contributed by atoms with Crippen molar-refractivity contribution in [2.75, 3.05) is 33.2 Å². The number of benzene rings is 2. The Hall–Kier alpha value is -1.93. The van der Waals surface area contributed by atoms with Crippen molar-refractivity contribution < 1.29 is 13.5 Å². The molecule has 0 spiro atoms. The van der Waals surface area contributed by atoms with Crippen LogP contribution in [0.1, 0.15) is 56.6 Å². The summed E-state index contributed by atoms with van der Waals surface area (Å²) in [6.07, 6.45) is 7.03. The Morgan fingerprint density at radius 2 is 1.70 bits per heavy atom. The van der Waals surface area contributed by atoms with Crippen LogP contribution in [0, 0.1) is 5.92 Å². The Morgan fingerprint density at radius 3 is 2.41 bits per heavy atom. The number of piperidine rings is 2. The van der Waals surface area contributed by atoms with E-state index >= 15 is 0 Å². The van der Waals surface area contributed by atoms with Gasteiger partial charge in [0.15, 0.2) is 0 Å². The highest BCUT2D eigenvalue weighted by molar-refractivity contribution is 7.89. The summed E-state index contributed by atoms with van der Waals surface area (Å²) in [6, 6.07) is 15.8. The number of phenolic OH excluding ortho intramolecular Hbond substituents is 1. The fourth-order valence-electron chi connectivity index (χ4n) is 7.64. The minimum Gasteiger partial charge on any atom is -0.508 e. The number of hydrogen-bond acceptors (Lipinski definition) is 5. The van der Waals surface area contributed by atoms with Gasteiger partial charge < -0.3 is 14.9 Å². The molecule has 6 rings (SSSR count). The van der Waals surface area contributed by atoms with Gasteiger partial charge in [0.1, 0.15) is 5.75 Å². The molecule has 37 heavy (non-hydrogen) atoms. The third-order valence-electron chi connectivity index (χ3n) is 10.0. The first-order valence-electron chi connectivity index (χ1n) is 14.1. The number of aromatic hydroxyl groups is 1. The van der Waals surface area contributed by atoms with Crippen LogP contribution in [0.15, 0.2) is 53.4 Å². The van der Waals surface area contributed by atoms with Gasteiger partial charge in [-0.1, -0.05) is 31.2 Å². The average Bonchev–Trinajstić information content (AvgIpc) is 3.73. The number of sulfonamides is 1.